The van der Waals surface area contributed by atoms with Crippen molar-refractivity contribution in [2.24, 2.45) is 0 Å². The third kappa shape index (κ3) is 126. The van der Waals surface area contributed by atoms with E-state index < -0.39 is 7.82 Å². The van der Waals surface area contributed by atoms with Crippen LogP contribution in [0, 0.1) is 0 Å². The third-order valence-electron chi connectivity index (χ3n) is 0. The maximum Gasteiger partial charge on any atom is 0.466 e. The summed E-state index contributed by atoms with van der Waals surface area (Å²) in [5.41, 5.74) is 0. The summed E-state index contributed by atoms with van der Waals surface area (Å²) in [4.78, 5) is 21.6. The van der Waals surface area contributed by atoms with E-state index in [-0.39, 0.29) is 36.8 Å². The van der Waals surface area contributed by atoms with Crippen LogP contribution in [0.5, 0.6) is 0 Å². The zero-order chi connectivity index (χ0) is 4.50. The smallest absolute Gasteiger partial charge is 0.303 e. The first kappa shape index (κ1) is 15.7. The van der Waals surface area contributed by atoms with E-state index in [1.54, 1.807) is 0 Å². The Balaban J connectivity index is -0.0000000800. The van der Waals surface area contributed by atoms with Crippen molar-refractivity contribution in [3.8, 4) is 0 Å². The van der Waals surface area contributed by atoms with E-state index in [9.17, 15) is 0 Å². The molecule has 0 saturated heterocycles. The fraction of sp³-hybridized carbons (Fsp3) is 0. The van der Waals surface area contributed by atoms with E-state index in [2.05, 4.69) is 0 Å². The molecule has 0 amide bonds. The molecular formula is H6AlO4PZn. The average molecular weight is 193 g/mol. The first-order valence-electron chi connectivity index (χ1n) is 0.783. The van der Waals surface area contributed by atoms with Gasteiger partial charge in [0.15, 0.2) is 17.4 Å². The molecule has 0 spiro atoms. The number of rotatable bonds is 0. The van der Waals surface area contributed by atoms with Gasteiger partial charge in [0.1, 0.15) is 0 Å². The minimum absolute atomic E-state index is 0. The molecule has 7 heteroatoms. The Hall–Kier alpha value is 1.27. The van der Waals surface area contributed by atoms with Gasteiger partial charge in [-0.15, -0.1) is 0 Å². The molecule has 0 bridgehead atoms. The Kier molecular flexibility index (Phi) is 12.1. The van der Waals surface area contributed by atoms with Crippen molar-refractivity contribution >= 4 is 25.2 Å². The van der Waals surface area contributed by atoms with E-state index >= 15 is 0 Å². The average Bonchev–Trinajstić information content (AvgIpc) is 0.722. The molecule has 0 aliphatic heterocycles. The predicted octanol–water partition coefficient (Wildman–Crippen LogP) is -2.12. The van der Waals surface area contributed by atoms with Gasteiger partial charge in [-0.25, -0.2) is 4.57 Å². The van der Waals surface area contributed by atoms with Crippen LogP contribution in [-0.4, -0.2) is 32.0 Å². The maximum absolute atomic E-state index is 8.88. The SMILES string of the molecule is O=P(O)(O)O.[AlH3].[Zn]. The molecule has 0 radical (unpaired) electrons. The fourth-order valence-electron chi connectivity index (χ4n) is 0. The molecule has 0 atom stereocenters. The topological polar surface area (TPSA) is 77.8 Å². The Labute approximate surface area is 64.1 Å². The Morgan fingerprint density at radius 3 is 1.14 bits per heavy atom. The molecule has 4 nitrogen and oxygen atoms in total. The van der Waals surface area contributed by atoms with Crippen molar-refractivity contribution in [3.05, 3.63) is 0 Å². The zero-order valence-electron chi connectivity index (χ0n) is 2.90. The van der Waals surface area contributed by atoms with Gasteiger partial charge in [0.2, 0.25) is 0 Å². The van der Waals surface area contributed by atoms with Crippen LogP contribution < -0.4 is 0 Å². The van der Waals surface area contributed by atoms with Crippen molar-refractivity contribution < 1.29 is 38.7 Å². The fourth-order valence-corrected chi connectivity index (χ4v) is 0. The van der Waals surface area contributed by atoms with E-state index in [0.717, 1.165) is 0 Å². The van der Waals surface area contributed by atoms with E-state index in [1.165, 1.54) is 0 Å². The molecule has 0 fully saturated rings. The maximum atomic E-state index is 8.88. The number of hydrogen-bond donors (Lipinski definition) is 3. The van der Waals surface area contributed by atoms with Crippen LogP contribution in [0.2, 0.25) is 0 Å². The molecule has 0 aliphatic rings. The summed E-state index contributed by atoms with van der Waals surface area (Å²) in [6.45, 7) is 0. The summed E-state index contributed by atoms with van der Waals surface area (Å²) in [6.07, 6.45) is 0. The van der Waals surface area contributed by atoms with Gasteiger partial charge in [-0.05, 0) is 0 Å². The second-order valence-electron chi connectivity index (χ2n) is 0.513. The van der Waals surface area contributed by atoms with Crippen LogP contribution in [0.15, 0.2) is 0 Å². The van der Waals surface area contributed by atoms with Crippen molar-refractivity contribution in [2.75, 3.05) is 0 Å². The van der Waals surface area contributed by atoms with Crippen molar-refractivity contribution in [3.63, 3.8) is 0 Å². The van der Waals surface area contributed by atoms with Gasteiger partial charge in [-0.3, -0.25) is 0 Å². The van der Waals surface area contributed by atoms with Gasteiger partial charge in [0.05, 0.1) is 0 Å². The molecule has 0 saturated carbocycles. The summed E-state index contributed by atoms with van der Waals surface area (Å²) >= 11 is 0. The van der Waals surface area contributed by atoms with Crippen LogP contribution in [-0.2, 0) is 24.0 Å². The summed E-state index contributed by atoms with van der Waals surface area (Å²) in [5, 5.41) is 0. The molecule has 0 heterocycles. The Morgan fingerprint density at radius 2 is 1.14 bits per heavy atom. The molecule has 7 heavy (non-hydrogen) atoms. The predicted molar refractivity (Wildman–Crippen MR) is 24.2 cm³/mol. The Morgan fingerprint density at radius 1 is 1.14 bits per heavy atom. The number of hydrogen-bond acceptors (Lipinski definition) is 1. The van der Waals surface area contributed by atoms with Gasteiger partial charge in [-0.2, -0.15) is 0 Å². The molecule has 0 rings (SSSR count). The normalized spacial score (nSPS) is 8.43. The molecule has 0 aromatic heterocycles. The van der Waals surface area contributed by atoms with E-state index in [0.29, 0.717) is 0 Å². The molecule has 0 aliphatic carbocycles. The van der Waals surface area contributed by atoms with Crippen LogP contribution in [0.1, 0.15) is 0 Å². The number of phosphoric acid groups is 1. The van der Waals surface area contributed by atoms with Crippen molar-refractivity contribution in [1.82, 2.24) is 0 Å². The zero-order valence-corrected chi connectivity index (χ0v) is 6.77. The monoisotopic (exact) mass is 192 g/mol. The molecule has 0 unspecified atom stereocenters. The second-order valence-corrected chi connectivity index (χ2v) is 1.54. The summed E-state index contributed by atoms with van der Waals surface area (Å²) in [5.74, 6) is 0. The first-order valence-corrected chi connectivity index (χ1v) is 2.35. The molecule has 3 N–H and O–H groups in total. The van der Waals surface area contributed by atoms with Crippen LogP contribution in [0.3, 0.4) is 0 Å². The van der Waals surface area contributed by atoms with Gasteiger partial charge in [0.25, 0.3) is 0 Å². The van der Waals surface area contributed by atoms with Crippen molar-refractivity contribution in [2.45, 2.75) is 0 Å². The summed E-state index contributed by atoms with van der Waals surface area (Å²) in [6, 6.07) is 0. The third-order valence-corrected chi connectivity index (χ3v) is 0. The van der Waals surface area contributed by atoms with Crippen LogP contribution in [0.4, 0.5) is 0 Å². The first-order chi connectivity index (χ1) is 2.00. The van der Waals surface area contributed by atoms with Gasteiger partial charge in [0, 0.05) is 19.5 Å². The summed E-state index contributed by atoms with van der Waals surface area (Å²) in [7, 11) is -4.64. The second kappa shape index (κ2) is 5.40. The van der Waals surface area contributed by atoms with E-state index in [4.69, 9.17) is 19.2 Å². The van der Waals surface area contributed by atoms with Crippen LogP contribution in [0.25, 0.3) is 0 Å². The summed E-state index contributed by atoms with van der Waals surface area (Å²) < 4.78 is 8.88. The molecule has 0 aromatic rings. The molecule has 0 aromatic carbocycles. The quantitative estimate of drug-likeness (QED) is 0.304. The van der Waals surface area contributed by atoms with Crippen LogP contribution >= 0.6 is 7.82 Å². The van der Waals surface area contributed by atoms with Gasteiger partial charge >= 0.3 is 7.82 Å². The standard InChI is InChI=1S/Al.H3O4P.Zn.3H/c;1-5(2,3)4;;;;/h;(H3,1,2,3,4);;;;. The largest absolute Gasteiger partial charge is 0.466 e. The minimum Gasteiger partial charge on any atom is -0.303 e. The van der Waals surface area contributed by atoms with Gasteiger partial charge < -0.3 is 14.7 Å². The van der Waals surface area contributed by atoms with Crippen molar-refractivity contribution in [1.29, 1.82) is 0 Å². The Bertz CT molecular complexity index is 57.8. The molecular weight excluding hydrogens is 187 g/mol. The van der Waals surface area contributed by atoms with Gasteiger partial charge in [-0.1, -0.05) is 0 Å². The van der Waals surface area contributed by atoms with E-state index in [1.807, 2.05) is 0 Å². The molecule has 40 valence electrons. The minimum atomic E-state index is -4.64.